The average Bonchev–Trinajstić information content (AvgIpc) is 3.40. The van der Waals surface area contributed by atoms with Crippen LogP contribution in [0.5, 0.6) is 11.5 Å². The molecule has 144 valence electrons. The van der Waals surface area contributed by atoms with Gasteiger partial charge >= 0.3 is 0 Å². The first kappa shape index (κ1) is 17.3. The molecule has 3 aromatic carbocycles. The van der Waals surface area contributed by atoms with Crippen LogP contribution < -0.4 is 19.7 Å². The van der Waals surface area contributed by atoms with E-state index in [4.69, 9.17) is 9.47 Å². The van der Waals surface area contributed by atoms with Gasteiger partial charge in [-0.25, -0.2) is 0 Å². The predicted molar refractivity (Wildman–Crippen MR) is 109 cm³/mol. The molecule has 0 spiro atoms. The first-order valence-electron chi connectivity index (χ1n) is 9.40. The summed E-state index contributed by atoms with van der Waals surface area (Å²) in [6.45, 7) is 0.855. The van der Waals surface area contributed by atoms with Gasteiger partial charge in [0, 0.05) is 35.1 Å². The van der Waals surface area contributed by atoms with Crippen molar-refractivity contribution in [3.63, 3.8) is 0 Å². The van der Waals surface area contributed by atoms with Crippen LogP contribution in [0.25, 0.3) is 0 Å². The molecule has 2 aliphatic rings. The Labute approximate surface area is 167 Å². The molecule has 29 heavy (non-hydrogen) atoms. The third-order valence-electron chi connectivity index (χ3n) is 5.16. The minimum atomic E-state index is -0.255. The van der Waals surface area contributed by atoms with Crippen molar-refractivity contribution in [2.24, 2.45) is 0 Å². The number of para-hydroxylation sites is 1. The zero-order chi connectivity index (χ0) is 19.8. The van der Waals surface area contributed by atoms with Crippen molar-refractivity contribution >= 4 is 23.2 Å². The van der Waals surface area contributed by atoms with E-state index in [-0.39, 0.29) is 18.6 Å². The molecule has 0 atom stereocenters. The van der Waals surface area contributed by atoms with E-state index in [1.807, 2.05) is 24.3 Å². The molecule has 3 aromatic rings. The molecule has 6 heteroatoms. The van der Waals surface area contributed by atoms with Crippen LogP contribution in [0.2, 0.25) is 0 Å². The maximum Gasteiger partial charge on any atom is 0.258 e. The first-order chi connectivity index (χ1) is 14.2. The van der Waals surface area contributed by atoms with Crippen LogP contribution in [0.15, 0.2) is 66.7 Å². The van der Waals surface area contributed by atoms with Crippen molar-refractivity contribution in [1.29, 1.82) is 0 Å². The number of carbonyl (C=O) groups excluding carboxylic acids is 2. The smallest absolute Gasteiger partial charge is 0.258 e. The lowest BCUT2D eigenvalue weighted by Crippen LogP contribution is -2.28. The monoisotopic (exact) mass is 386 g/mol. The van der Waals surface area contributed by atoms with Gasteiger partial charge in [0.1, 0.15) is 0 Å². The topological polar surface area (TPSA) is 67.9 Å². The fourth-order valence-corrected chi connectivity index (χ4v) is 3.65. The summed E-state index contributed by atoms with van der Waals surface area (Å²) in [5.41, 5.74) is 3.79. The lowest BCUT2D eigenvalue weighted by atomic mass is 10.1. The number of fused-ring (bicyclic) bond motifs is 2. The fourth-order valence-electron chi connectivity index (χ4n) is 3.65. The number of amides is 2. The van der Waals surface area contributed by atoms with Crippen molar-refractivity contribution in [3.05, 3.63) is 83.4 Å². The van der Waals surface area contributed by atoms with E-state index in [2.05, 4.69) is 5.32 Å². The normalized spacial score (nSPS) is 13.9. The minimum Gasteiger partial charge on any atom is -0.454 e. The minimum absolute atomic E-state index is 0.0577. The lowest BCUT2D eigenvalue weighted by molar-refractivity contribution is 0.0986. The fraction of sp³-hybridized carbons (Fsp3) is 0.130. The van der Waals surface area contributed by atoms with E-state index in [9.17, 15) is 9.59 Å². The molecule has 2 aliphatic heterocycles. The number of hydrogen-bond donors (Lipinski definition) is 1. The van der Waals surface area contributed by atoms with Crippen LogP contribution in [0, 0.1) is 0 Å². The molecule has 0 saturated carbocycles. The Hall–Kier alpha value is -3.80. The van der Waals surface area contributed by atoms with Gasteiger partial charge in [0.15, 0.2) is 11.5 Å². The number of ether oxygens (including phenoxy) is 2. The second kappa shape index (κ2) is 6.98. The van der Waals surface area contributed by atoms with E-state index < -0.39 is 0 Å². The first-order valence-corrected chi connectivity index (χ1v) is 9.40. The average molecular weight is 386 g/mol. The second-order valence-corrected chi connectivity index (χ2v) is 6.94. The number of benzene rings is 3. The third-order valence-corrected chi connectivity index (χ3v) is 5.16. The van der Waals surface area contributed by atoms with Crippen LogP contribution in [0.4, 0.5) is 11.4 Å². The summed E-state index contributed by atoms with van der Waals surface area (Å²) in [7, 11) is 0. The molecule has 0 radical (unpaired) electrons. The number of nitrogens with zero attached hydrogens (tertiary/aromatic N) is 1. The molecule has 6 nitrogen and oxygen atoms in total. The van der Waals surface area contributed by atoms with Gasteiger partial charge in [-0.3, -0.25) is 9.59 Å². The van der Waals surface area contributed by atoms with Crippen molar-refractivity contribution in [2.75, 3.05) is 23.6 Å². The van der Waals surface area contributed by atoms with Gasteiger partial charge in [0.05, 0.1) is 0 Å². The summed E-state index contributed by atoms with van der Waals surface area (Å²) in [6, 6.07) is 19.9. The second-order valence-electron chi connectivity index (χ2n) is 6.94. The summed E-state index contributed by atoms with van der Waals surface area (Å²) in [4.78, 5) is 27.2. The highest BCUT2D eigenvalue weighted by Crippen LogP contribution is 2.34. The molecule has 0 unspecified atom stereocenters. The van der Waals surface area contributed by atoms with Gasteiger partial charge in [-0.15, -0.1) is 0 Å². The molecule has 0 aromatic heterocycles. The maximum absolute atomic E-state index is 12.9. The summed E-state index contributed by atoms with van der Waals surface area (Å²) < 4.78 is 10.6. The zero-order valence-electron chi connectivity index (χ0n) is 15.6. The number of hydrogen-bond acceptors (Lipinski definition) is 4. The van der Waals surface area contributed by atoms with Gasteiger partial charge in [-0.05, 0) is 54.4 Å². The molecule has 2 heterocycles. The van der Waals surface area contributed by atoms with Gasteiger partial charge in [0.25, 0.3) is 11.8 Å². The Morgan fingerprint density at radius 2 is 1.62 bits per heavy atom. The Morgan fingerprint density at radius 3 is 2.48 bits per heavy atom. The van der Waals surface area contributed by atoms with Crippen molar-refractivity contribution < 1.29 is 19.1 Å². The Balaban J connectivity index is 1.30. The van der Waals surface area contributed by atoms with Crippen LogP contribution in [-0.4, -0.2) is 25.2 Å². The molecule has 0 aliphatic carbocycles. The van der Waals surface area contributed by atoms with Gasteiger partial charge < -0.3 is 19.7 Å². The Morgan fingerprint density at radius 1 is 0.862 bits per heavy atom. The summed E-state index contributed by atoms with van der Waals surface area (Å²) in [6.07, 6.45) is 0.859. The van der Waals surface area contributed by atoms with Crippen LogP contribution in [0.3, 0.4) is 0 Å². The van der Waals surface area contributed by atoms with Crippen LogP contribution >= 0.6 is 0 Å². The molecular formula is C23H18N2O4. The van der Waals surface area contributed by atoms with Crippen LogP contribution in [0.1, 0.15) is 26.3 Å². The Kier molecular flexibility index (Phi) is 4.17. The summed E-state index contributed by atoms with van der Waals surface area (Å²) >= 11 is 0. The SMILES string of the molecule is O=C(Nc1ccc2c(c1)OCO2)c1ccc(C(=O)N2CCc3ccccc32)cc1. The number of nitrogens with one attached hydrogen (secondary N) is 1. The molecule has 5 rings (SSSR count). The van der Waals surface area contributed by atoms with E-state index in [0.717, 1.165) is 12.1 Å². The summed E-state index contributed by atoms with van der Waals surface area (Å²) in [5.74, 6) is 0.955. The number of carbonyl (C=O) groups is 2. The van der Waals surface area contributed by atoms with Gasteiger partial charge in [-0.2, -0.15) is 0 Å². The molecule has 0 bridgehead atoms. The molecule has 0 saturated heterocycles. The standard InChI is InChI=1S/C23H18N2O4/c26-22(24-18-9-10-20-21(13-18)29-14-28-20)16-5-7-17(8-6-16)23(27)25-12-11-15-3-1-2-4-19(15)25/h1-10,13H,11-12,14H2,(H,24,26). The largest absolute Gasteiger partial charge is 0.454 e. The quantitative estimate of drug-likeness (QED) is 0.742. The highest BCUT2D eigenvalue weighted by atomic mass is 16.7. The van der Waals surface area contributed by atoms with E-state index in [1.54, 1.807) is 47.4 Å². The van der Waals surface area contributed by atoms with E-state index in [1.165, 1.54) is 5.56 Å². The van der Waals surface area contributed by atoms with Crippen molar-refractivity contribution in [2.45, 2.75) is 6.42 Å². The Bertz CT molecular complexity index is 1110. The zero-order valence-corrected chi connectivity index (χ0v) is 15.6. The third kappa shape index (κ3) is 3.18. The van der Waals surface area contributed by atoms with Crippen molar-refractivity contribution in [1.82, 2.24) is 0 Å². The van der Waals surface area contributed by atoms with Gasteiger partial charge in [-0.1, -0.05) is 18.2 Å². The number of rotatable bonds is 3. The molecule has 0 fully saturated rings. The maximum atomic E-state index is 12.9. The van der Waals surface area contributed by atoms with E-state index >= 15 is 0 Å². The molecule has 1 N–H and O–H groups in total. The summed E-state index contributed by atoms with van der Waals surface area (Å²) in [5, 5.41) is 2.83. The number of anilines is 2. The molecular weight excluding hydrogens is 368 g/mol. The highest BCUT2D eigenvalue weighted by molar-refractivity contribution is 6.09. The predicted octanol–water partition coefficient (Wildman–Crippen LogP) is 3.87. The van der Waals surface area contributed by atoms with E-state index in [0.29, 0.717) is 34.9 Å². The molecule has 2 amide bonds. The highest BCUT2D eigenvalue weighted by Gasteiger charge is 2.25. The lowest BCUT2D eigenvalue weighted by Gasteiger charge is -2.17. The van der Waals surface area contributed by atoms with Crippen molar-refractivity contribution in [3.8, 4) is 11.5 Å². The van der Waals surface area contributed by atoms with Gasteiger partial charge in [0.2, 0.25) is 6.79 Å². The van der Waals surface area contributed by atoms with Crippen LogP contribution in [-0.2, 0) is 6.42 Å².